The van der Waals surface area contributed by atoms with Crippen LogP contribution in [-0.4, -0.2) is 47.6 Å². The summed E-state index contributed by atoms with van der Waals surface area (Å²) in [6.07, 6.45) is 19.8. The Kier molecular flexibility index (Phi) is 14.0. The van der Waals surface area contributed by atoms with Gasteiger partial charge in [0.25, 0.3) is 17.7 Å². The van der Waals surface area contributed by atoms with Crippen molar-refractivity contribution in [3.63, 3.8) is 0 Å². The normalized spacial score (nSPS) is 17.7. The highest BCUT2D eigenvalue weighted by molar-refractivity contribution is 6.34. The molecule has 3 aliphatic heterocycles. The van der Waals surface area contributed by atoms with Crippen molar-refractivity contribution in [2.75, 3.05) is 33.2 Å². The van der Waals surface area contributed by atoms with Crippen molar-refractivity contribution < 1.29 is 14.4 Å². The van der Waals surface area contributed by atoms with Gasteiger partial charge in [0, 0.05) is 33.8 Å². The summed E-state index contributed by atoms with van der Waals surface area (Å²) in [4.78, 5) is 62.2. The molecule has 21 heteroatoms. The second-order valence-electron chi connectivity index (χ2n) is 20.9. The maximum atomic E-state index is 12.6. The lowest BCUT2D eigenvalue weighted by molar-refractivity contribution is 0.0900. The van der Waals surface area contributed by atoms with E-state index in [-0.39, 0.29) is 34.3 Å². The van der Waals surface area contributed by atoms with E-state index in [0.717, 1.165) is 127 Å². The summed E-state index contributed by atoms with van der Waals surface area (Å²) in [5, 5.41) is 38.9. The molecule has 6 aromatic rings. The fourth-order valence-corrected chi connectivity index (χ4v) is 12.3. The van der Waals surface area contributed by atoms with Crippen LogP contribution in [0.3, 0.4) is 0 Å². The lowest BCUT2D eigenvalue weighted by Crippen LogP contribution is -2.40. The number of hydrogen-bond acceptors (Lipinski definition) is 17. The van der Waals surface area contributed by atoms with E-state index >= 15 is 0 Å². The van der Waals surface area contributed by atoms with E-state index in [0.29, 0.717) is 67.7 Å². The van der Waals surface area contributed by atoms with Crippen molar-refractivity contribution in [2.45, 2.75) is 134 Å². The van der Waals surface area contributed by atoms with Gasteiger partial charge in [-0.2, -0.15) is 10.5 Å². The molecule has 3 aromatic heterocycles. The number of nitrogens with one attached hydrogen (secondary N) is 6. The van der Waals surface area contributed by atoms with Crippen molar-refractivity contribution in [3.05, 3.63) is 122 Å². The first-order valence-corrected chi connectivity index (χ1v) is 26.5. The molecule has 77 heavy (non-hydrogen) atoms. The molecule has 3 spiro atoms. The van der Waals surface area contributed by atoms with Crippen LogP contribution in [0.5, 0.6) is 0 Å². The van der Waals surface area contributed by atoms with Gasteiger partial charge >= 0.3 is 0 Å². The maximum Gasteiger partial charge on any atom is 0.253 e. The number of aromatic nitrogens is 6. The van der Waals surface area contributed by atoms with Gasteiger partial charge < -0.3 is 49.1 Å². The lowest BCUT2D eigenvalue weighted by Gasteiger charge is -2.34. The van der Waals surface area contributed by atoms with E-state index < -0.39 is 0 Å². The van der Waals surface area contributed by atoms with Crippen molar-refractivity contribution >= 4 is 81.3 Å². The molecule has 0 bridgehead atoms. The van der Waals surface area contributed by atoms with Gasteiger partial charge in [0.1, 0.15) is 66.0 Å². The van der Waals surface area contributed by atoms with Crippen LogP contribution in [0.25, 0.3) is 0 Å². The summed E-state index contributed by atoms with van der Waals surface area (Å²) in [6, 6.07) is 15.5. The molecule has 3 amide bonds. The molecule has 20 nitrogen and oxygen atoms in total. The van der Waals surface area contributed by atoms with Gasteiger partial charge in [-0.25, -0.2) is 29.9 Å². The molecule has 12 N–H and O–H groups in total. The van der Waals surface area contributed by atoms with Crippen LogP contribution in [0.1, 0.15) is 172 Å². The van der Waals surface area contributed by atoms with Crippen LogP contribution in [0.15, 0.2) is 55.4 Å². The average Bonchev–Trinajstić information content (AvgIpc) is 4.14. The van der Waals surface area contributed by atoms with Crippen LogP contribution in [0, 0.1) is 43.4 Å². The summed E-state index contributed by atoms with van der Waals surface area (Å²) in [6.45, 7) is 5.54. The monoisotopic (exact) mass is 1050 g/mol. The molecule has 0 atom stereocenters. The molecule has 0 unspecified atom stereocenters. The number of nitriles is 2. The number of halogens is 1. The van der Waals surface area contributed by atoms with Gasteiger partial charge in [-0.15, -0.1) is 0 Å². The fourth-order valence-electron chi connectivity index (χ4n) is 12.0. The summed E-state index contributed by atoms with van der Waals surface area (Å²) in [5.41, 5.74) is 26.3. The predicted octanol–water partition coefficient (Wildman–Crippen LogP) is 9.44. The van der Waals surface area contributed by atoms with Crippen molar-refractivity contribution in [1.82, 2.24) is 45.9 Å². The first-order valence-electron chi connectivity index (χ1n) is 26.1. The van der Waals surface area contributed by atoms with Crippen LogP contribution in [-0.2, 0) is 16.6 Å². The Bertz CT molecular complexity index is 3300. The summed E-state index contributed by atoms with van der Waals surface area (Å²) >= 11 is 6.45. The molecule has 394 valence electrons. The fraction of sp³-hybridized carbons (Fsp3) is 0.375. The molecule has 12 rings (SSSR count). The number of hydrogen-bond donors (Lipinski definition) is 9. The topological polar surface area (TPSA) is 326 Å². The second-order valence-corrected chi connectivity index (χ2v) is 21.3. The highest BCUT2D eigenvalue weighted by atomic mass is 35.5. The predicted molar refractivity (Wildman–Crippen MR) is 294 cm³/mol. The van der Waals surface area contributed by atoms with Crippen LogP contribution in [0.4, 0.5) is 52.0 Å². The molecule has 3 fully saturated rings. The SMILES string of the molecule is Cc1c(N)ncnc1Nc1cc(C#N)c2c(c1)C1(CCCCC1)NC2=O.Cc1c(N)ncnc1Nc1cc(C#N)c2c(c1)C1(CCCCC1)NC2=O.Cc1c(N)ncnc1Nc1cc(Cl)c2c(c1)C1(CCCCC1)NC2=O. The number of rotatable bonds is 6. The van der Waals surface area contributed by atoms with Crippen LogP contribution < -0.4 is 49.1 Å². The van der Waals surface area contributed by atoms with Crippen molar-refractivity contribution in [2.24, 2.45) is 0 Å². The Labute approximate surface area is 450 Å². The van der Waals surface area contributed by atoms with Gasteiger partial charge in [0.05, 0.1) is 49.5 Å². The molecular formula is C56H60ClN17O3. The molecule has 6 heterocycles. The van der Waals surface area contributed by atoms with Crippen LogP contribution in [0.2, 0.25) is 5.02 Å². The zero-order valence-corrected chi connectivity index (χ0v) is 44.0. The molecule has 0 saturated heterocycles. The van der Waals surface area contributed by atoms with E-state index in [1.807, 2.05) is 39.0 Å². The van der Waals surface area contributed by atoms with Gasteiger partial charge in [-0.3, -0.25) is 14.4 Å². The van der Waals surface area contributed by atoms with Crippen LogP contribution >= 0.6 is 11.6 Å². The third-order valence-electron chi connectivity index (χ3n) is 16.2. The Morgan fingerprint density at radius 1 is 0.468 bits per heavy atom. The van der Waals surface area contributed by atoms with E-state index in [1.165, 1.54) is 38.2 Å². The van der Waals surface area contributed by atoms with E-state index in [1.54, 1.807) is 18.2 Å². The highest BCUT2D eigenvalue weighted by Crippen LogP contribution is 2.48. The number of carbonyl (C=O) groups excluding carboxylic acids is 3. The van der Waals surface area contributed by atoms with Crippen molar-refractivity contribution in [3.8, 4) is 12.1 Å². The zero-order valence-electron chi connectivity index (χ0n) is 43.2. The molecule has 0 radical (unpaired) electrons. The summed E-state index contributed by atoms with van der Waals surface area (Å²) in [5.74, 6) is 2.71. The molecule has 3 aromatic carbocycles. The number of nitrogen functional groups attached to an aromatic ring is 3. The summed E-state index contributed by atoms with van der Waals surface area (Å²) in [7, 11) is 0. The number of nitrogens with two attached hydrogens (primary N) is 3. The smallest absolute Gasteiger partial charge is 0.253 e. The largest absolute Gasteiger partial charge is 0.383 e. The average molecular weight is 1050 g/mol. The lowest BCUT2D eigenvalue weighted by atomic mass is 9.77. The molecule has 6 aliphatic rings. The summed E-state index contributed by atoms with van der Waals surface area (Å²) < 4.78 is 0. The first kappa shape index (κ1) is 51.8. The maximum absolute atomic E-state index is 12.6. The number of amides is 3. The Balaban J connectivity index is 0.000000131. The first-order chi connectivity index (χ1) is 37.1. The quantitative estimate of drug-likeness (QED) is 0.0749. The molecular weight excluding hydrogens is 994 g/mol. The minimum absolute atomic E-state index is 0.0732. The van der Waals surface area contributed by atoms with Gasteiger partial charge in [-0.05, 0) is 112 Å². The number of fused-ring (bicyclic) bond motifs is 6. The number of anilines is 9. The van der Waals surface area contributed by atoms with E-state index in [9.17, 15) is 24.9 Å². The van der Waals surface area contributed by atoms with Gasteiger partial charge in [0.15, 0.2) is 0 Å². The zero-order chi connectivity index (χ0) is 54.2. The minimum atomic E-state index is -0.353. The third kappa shape index (κ3) is 9.69. The Hall–Kier alpha value is -8.62. The molecule has 3 aliphatic carbocycles. The van der Waals surface area contributed by atoms with E-state index in [4.69, 9.17) is 28.8 Å². The standard InChI is InChI=1S/2C19H20N6O.C18H20ClN5O/c2*1-11-16(21)22-10-23-17(11)24-13-7-12(9-20)15-14(8-13)19(25-18(15)26)5-3-2-4-6-19;1-10-15(20)21-9-22-16(10)23-11-7-12-14(13(19)8-11)17(25)24-18(12)5-3-2-4-6-18/h2*7-8,10H,2-6H2,1H3,(H,25,26)(H3,21,22,23,24);7-9H,2-6H2,1H3,(H,24,25)(H3,20,21,22,23). The Morgan fingerprint density at radius 2 is 0.766 bits per heavy atom. The van der Waals surface area contributed by atoms with Crippen molar-refractivity contribution in [1.29, 1.82) is 10.5 Å². The number of benzene rings is 3. The Morgan fingerprint density at radius 3 is 1.09 bits per heavy atom. The number of carbonyl (C=O) groups is 3. The number of nitrogens with zero attached hydrogens (tertiary/aromatic N) is 8. The molecule has 3 saturated carbocycles. The second kappa shape index (κ2) is 20.8. The van der Waals surface area contributed by atoms with Gasteiger partial charge in [-0.1, -0.05) is 69.4 Å². The highest BCUT2D eigenvalue weighted by Gasteiger charge is 2.47. The van der Waals surface area contributed by atoms with Gasteiger partial charge in [0.2, 0.25) is 0 Å². The van der Waals surface area contributed by atoms with E-state index in [2.05, 4.69) is 73.9 Å². The third-order valence-corrected chi connectivity index (χ3v) is 16.5. The minimum Gasteiger partial charge on any atom is -0.383 e.